The molecule has 0 N–H and O–H groups in total. The molecule has 2 aromatic rings. The number of aryl methyl sites for hydroxylation is 1. The van der Waals surface area contributed by atoms with Crippen molar-refractivity contribution in [2.24, 2.45) is 7.05 Å². The first-order chi connectivity index (χ1) is 6.20. The first-order valence-corrected chi connectivity index (χ1v) is 4.46. The van der Waals surface area contributed by atoms with Crippen LogP contribution in [0.4, 0.5) is 0 Å². The highest BCUT2D eigenvalue weighted by atomic mass is 15.2. The fourth-order valence-corrected chi connectivity index (χ4v) is 1.61. The van der Waals surface area contributed by atoms with E-state index in [-0.39, 0.29) is 0 Å². The van der Waals surface area contributed by atoms with Crippen molar-refractivity contribution in [2.75, 3.05) is 0 Å². The lowest BCUT2D eigenvalue weighted by Gasteiger charge is -2.00. The van der Waals surface area contributed by atoms with Gasteiger partial charge in [-0.1, -0.05) is 13.8 Å². The first-order valence-electron chi connectivity index (χ1n) is 4.46. The number of rotatable bonds is 1. The number of aromatic nitrogens is 3. The summed E-state index contributed by atoms with van der Waals surface area (Å²) in [7, 11) is 2.00. The largest absolute Gasteiger partial charge is 0.334 e. The summed E-state index contributed by atoms with van der Waals surface area (Å²) in [5.41, 5.74) is 2.30. The molecule has 3 nitrogen and oxygen atoms in total. The summed E-state index contributed by atoms with van der Waals surface area (Å²) in [6, 6.07) is 2.03. The lowest BCUT2D eigenvalue weighted by Crippen LogP contribution is -1.88. The standard InChI is InChI=1S/C10H13N3/c1-7(2)9-6-13(3)10-8(9)4-5-11-12-10/h4-7H,1-3H3. The SMILES string of the molecule is CC(C)c1cn(C)c2nnccc12. The van der Waals surface area contributed by atoms with Gasteiger partial charge in [-0.05, 0) is 17.5 Å². The van der Waals surface area contributed by atoms with Crippen molar-refractivity contribution in [3.05, 3.63) is 24.0 Å². The maximum atomic E-state index is 4.10. The molecule has 2 heterocycles. The molecule has 0 saturated carbocycles. The molecule has 0 unspecified atom stereocenters. The summed E-state index contributed by atoms with van der Waals surface area (Å²) < 4.78 is 2.03. The summed E-state index contributed by atoms with van der Waals surface area (Å²) in [4.78, 5) is 0. The van der Waals surface area contributed by atoms with Crippen molar-refractivity contribution in [2.45, 2.75) is 19.8 Å². The topological polar surface area (TPSA) is 30.7 Å². The van der Waals surface area contributed by atoms with E-state index in [1.807, 2.05) is 17.7 Å². The Morgan fingerprint density at radius 2 is 2.15 bits per heavy atom. The molecule has 3 heteroatoms. The smallest absolute Gasteiger partial charge is 0.162 e. The number of hydrogen-bond acceptors (Lipinski definition) is 2. The Kier molecular flexibility index (Phi) is 1.79. The first kappa shape index (κ1) is 8.23. The van der Waals surface area contributed by atoms with Crippen LogP contribution in [0.3, 0.4) is 0 Å². The van der Waals surface area contributed by atoms with Crippen molar-refractivity contribution < 1.29 is 0 Å². The molecule has 0 bridgehead atoms. The van der Waals surface area contributed by atoms with E-state index in [4.69, 9.17) is 0 Å². The Morgan fingerprint density at radius 1 is 1.38 bits per heavy atom. The van der Waals surface area contributed by atoms with E-state index in [0.29, 0.717) is 5.92 Å². The molecule has 0 radical (unpaired) electrons. The summed E-state index contributed by atoms with van der Waals surface area (Å²) >= 11 is 0. The van der Waals surface area contributed by atoms with Gasteiger partial charge in [0, 0.05) is 18.6 Å². The van der Waals surface area contributed by atoms with E-state index in [1.54, 1.807) is 6.20 Å². The van der Waals surface area contributed by atoms with Crippen LogP contribution in [0, 0.1) is 0 Å². The lowest BCUT2D eigenvalue weighted by molar-refractivity contribution is 0.853. The zero-order chi connectivity index (χ0) is 9.42. The van der Waals surface area contributed by atoms with Gasteiger partial charge in [-0.2, -0.15) is 5.10 Å². The third-order valence-electron chi connectivity index (χ3n) is 2.30. The van der Waals surface area contributed by atoms with Gasteiger partial charge >= 0.3 is 0 Å². The number of fused-ring (bicyclic) bond motifs is 1. The van der Waals surface area contributed by atoms with Gasteiger partial charge in [0.25, 0.3) is 0 Å². The van der Waals surface area contributed by atoms with Crippen LogP contribution in [0.25, 0.3) is 11.0 Å². The Hall–Kier alpha value is -1.38. The predicted octanol–water partition coefficient (Wildman–Crippen LogP) is 2.09. The van der Waals surface area contributed by atoms with Gasteiger partial charge in [-0.25, -0.2) is 0 Å². The molecule has 0 aliphatic heterocycles. The highest BCUT2D eigenvalue weighted by Crippen LogP contribution is 2.24. The molecule has 0 spiro atoms. The van der Waals surface area contributed by atoms with Crippen LogP contribution in [-0.2, 0) is 7.05 Å². The fraction of sp³-hybridized carbons (Fsp3) is 0.400. The molecule has 0 atom stereocenters. The van der Waals surface area contributed by atoms with Crippen molar-refractivity contribution in [3.8, 4) is 0 Å². The minimum atomic E-state index is 0.535. The van der Waals surface area contributed by atoms with Crippen LogP contribution < -0.4 is 0 Å². The van der Waals surface area contributed by atoms with Crippen LogP contribution in [0.5, 0.6) is 0 Å². The Labute approximate surface area is 77.4 Å². The second-order valence-electron chi connectivity index (χ2n) is 3.62. The van der Waals surface area contributed by atoms with Crippen LogP contribution in [0.1, 0.15) is 25.3 Å². The summed E-state index contributed by atoms with van der Waals surface area (Å²) in [5, 5.41) is 9.19. The van der Waals surface area contributed by atoms with Gasteiger partial charge in [0.05, 0.1) is 6.20 Å². The highest BCUT2D eigenvalue weighted by Gasteiger charge is 2.09. The van der Waals surface area contributed by atoms with E-state index in [1.165, 1.54) is 10.9 Å². The van der Waals surface area contributed by atoms with E-state index in [9.17, 15) is 0 Å². The summed E-state index contributed by atoms with van der Waals surface area (Å²) in [6.45, 7) is 4.38. The Bertz CT molecular complexity index is 429. The molecule has 0 saturated heterocycles. The zero-order valence-electron chi connectivity index (χ0n) is 8.15. The van der Waals surface area contributed by atoms with Gasteiger partial charge in [0.2, 0.25) is 0 Å². The second kappa shape index (κ2) is 2.83. The molecular weight excluding hydrogens is 162 g/mol. The van der Waals surface area contributed by atoms with Crippen LogP contribution >= 0.6 is 0 Å². The maximum absolute atomic E-state index is 4.10. The Morgan fingerprint density at radius 3 is 2.85 bits per heavy atom. The zero-order valence-corrected chi connectivity index (χ0v) is 8.15. The van der Waals surface area contributed by atoms with Crippen LogP contribution in [-0.4, -0.2) is 14.8 Å². The lowest BCUT2D eigenvalue weighted by atomic mass is 10.0. The van der Waals surface area contributed by atoms with Gasteiger partial charge < -0.3 is 4.57 Å². The van der Waals surface area contributed by atoms with Crippen molar-refractivity contribution in [1.82, 2.24) is 14.8 Å². The molecule has 0 aliphatic rings. The third kappa shape index (κ3) is 1.20. The normalized spacial score (nSPS) is 11.4. The van der Waals surface area contributed by atoms with E-state index >= 15 is 0 Å². The fourth-order valence-electron chi connectivity index (χ4n) is 1.61. The van der Waals surface area contributed by atoms with Gasteiger partial charge in [-0.3, -0.25) is 0 Å². The number of hydrogen-bond donors (Lipinski definition) is 0. The quantitative estimate of drug-likeness (QED) is 0.664. The van der Waals surface area contributed by atoms with Gasteiger partial charge in [0.15, 0.2) is 5.65 Å². The van der Waals surface area contributed by atoms with E-state index in [2.05, 4.69) is 30.2 Å². The summed E-state index contributed by atoms with van der Waals surface area (Å²) in [6.07, 6.45) is 3.87. The molecule has 13 heavy (non-hydrogen) atoms. The molecule has 2 rings (SSSR count). The average molecular weight is 175 g/mol. The molecule has 0 amide bonds. The summed E-state index contributed by atoms with van der Waals surface area (Å²) in [5.74, 6) is 0.535. The third-order valence-corrected chi connectivity index (χ3v) is 2.30. The van der Waals surface area contributed by atoms with Crippen molar-refractivity contribution >= 4 is 11.0 Å². The van der Waals surface area contributed by atoms with E-state index in [0.717, 1.165) is 5.65 Å². The maximum Gasteiger partial charge on any atom is 0.162 e. The number of nitrogens with zero attached hydrogens (tertiary/aromatic N) is 3. The molecule has 68 valence electrons. The predicted molar refractivity (Wildman–Crippen MR) is 52.6 cm³/mol. The molecule has 0 aromatic carbocycles. The molecule has 2 aromatic heterocycles. The Balaban J connectivity index is 2.78. The minimum Gasteiger partial charge on any atom is -0.334 e. The highest BCUT2D eigenvalue weighted by molar-refractivity contribution is 5.80. The van der Waals surface area contributed by atoms with Crippen LogP contribution in [0.15, 0.2) is 18.5 Å². The van der Waals surface area contributed by atoms with Crippen molar-refractivity contribution in [3.63, 3.8) is 0 Å². The van der Waals surface area contributed by atoms with E-state index < -0.39 is 0 Å². The van der Waals surface area contributed by atoms with Crippen LogP contribution in [0.2, 0.25) is 0 Å². The van der Waals surface area contributed by atoms with Gasteiger partial charge in [-0.15, -0.1) is 5.10 Å². The molecular formula is C10H13N3. The minimum absolute atomic E-state index is 0.535. The van der Waals surface area contributed by atoms with Crippen molar-refractivity contribution in [1.29, 1.82) is 0 Å². The average Bonchev–Trinajstić information content (AvgIpc) is 2.45. The molecule has 0 aliphatic carbocycles. The second-order valence-corrected chi connectivity index (χ2v) is 3.62. The van der Waals surface area contributed by atoms with Gasteiger partial charge in [0.1, 0.15) is 0 Å². The molecule has 0 fully saturated rings. The monoisotopic (exact) mass is 175 g/mol.